The summed E-state index contributed by atoms with van der Waals surface area (Å²) in [5.41, 5.74) is 0. The zero-order chi connectivity index (χ0) is 42.7. The van der Waals surface area contributed by atoms with Gasteiger partial charge < -0.3 is 39.9 Å². The van der Waals surface area contributed by atoms with Crippen molar-refractivity contribution in [2.24, 2.45) is 0 Å². The van der Waals surface area contributed by atoms with Crippen LogP contribution in [0.25, 0.3) is 0 Å². The fourth-order valence-corrected chi connectivity index (χ4v) is 7.81. The molecule has 12 nitrogen and oxygen atoms in total. The van der Waals surface area contributed by atoms with Gasteiger partial charge in [0.25, 0.3) is 0 Å². The molecule has 0 spiro atoms. The molecule has 0 aliphatic heterocycles. The molecule has 1 rings (SSSR count). The first-order valence-corrected chi connectivity index (χ1v) is 24.3. The fraction of sp³-hybridized carbons (Fsp3) is 0.844. The molecule has 0 radical (unpaired) electrons. The first kappa shape index (κ1) is 54.6. The van der Waals surface area contributed by atoms with Gasteiger partial charge in [0.1, 0.15) is 42.7 Å². The summed E-state index contributed by atoms with van der Waals surface area (Å²) in [6.45, 7) is 4.20. The number of carbonyl (C=O) groups is 1. The van der Waals surface area contributed by atoms with Gasteiger partial charge in [0.15, 0.2) is 0 Å². The van der Waals surface area contributed by atoms with E-state index in [1.165, 1.54) is 89.9 Å². The van der Waals surface area contributed by atoms with Crippen LogP contribution in [0.3, 0.4) is 0 Å². The summed E-state index contributed by atoms with van der Waals surface area (Å²) in [5, 5.41) is 50.1. The summed E-state index contributed by atoms with van der Waals surface area (Å²) in [6, 6.07) is 0. The number of hydrogen-bond donors (Lipinski definition) is 6. The molecule has 6 atom stereocenters. The third kappa shape index (κ3) is 28.2. The van der Waals surface area contributed by atoms with Gasteiger partial charge in [0.2, 0.25) is 0 Å². The lowest BCUT2D eigenvalue weighted by atomic mass is 9.85. The lowest BCUT2D eigenvalue weighted by Gasteiger charge is -2.41. The van der Waals surface area contributed by atoms with E-state index in [9.17, 15) is 39.8 Å². The average molecular weight is 847 g/mol. The number of ether oxygens (including phenoxy) is 2. The third-order valence-electron chi connectivity index (χ3n) is 10.5. The van der Waals surface area contributed by atoms with E-state index in [0.717, 1.165) is 64.2 Å². The second-order valence-corrected chi connectivity index (χ2v) is 17.3. The summed E-state index contributed by atoms with van der Waals surface area (Å²) in [5.74, 6) is -0.482. The molecule has 0 amide bonds. The van der Waals surface area contributed by atoms with Crippen molar-refractivity contribution in [1.29, 1.82) is 0 Å². The number of aliphatic hydroxyl groups is 5. The van der Waals surface area contributed by atoms with Gasteiger partial charge in [0, 0.05) is 13.0 Å². The zero-order valence-electron chi connectivity index (χ0n) is 36.1. The van der Waals surface area contributed by atoms with Gasteiger partial charge in [-0.1, -0.05) is 159 Å². The molecule has 0 bridgehead atoms. The highest BCUT2D eigenvalue weighted by Crippen LogP contribution is 2.47. The highest BCUT2D eigenvalue weighted by molar-refractivity contribution is 7.47. The summed E-state index contributed by atoms with van der Waals surface area (Å²) < 4.78 is 34.1. The van der Waals surface area contributed by atoms with Gasteiger partial charge in [-0.25, -0.2) is 4.57 Å². The van der Waals surface area contributed by atoms with Crippen molar-refractivity contribution in [1.82, 2.24) is 0 Å². The van der Waals surface area contributed by atoms with Crippen LogP contribution in [0, 0.1) is 0 Å². The van der Waals surface area contributed by atoms with Gasteiger partial charge in [-0.05, 0) is 51.4 Å². The molecule has 0 aromatic heterocycles. The van der Waals surface area contributed by atoms with Crippen LogP contribution in [0.5, 0.6) is 0 Å². The molecule has 58 heavy (non-hydrogen) atoms. The first-order chi connectivity index (χ1) is 28.0. The molecule has 13 heteroatoms. The normalized spacial score (nSPS) is 23.0. The van der Waals surface area contributed by atoms with Gasteiger partial charge in [0.05, 0.1) is 13.2 Å². The summed E-state index contributed by atoms with van der Waals surface area (Å²) in [7, 11) is -5.02. The van der Waals surface area contributed by atoms with E-state index in [4.69, 9.17) is 18.5 Å². The minimum atomic E-state index is -5.02. The Kier molecular flexibility index (Phi) is 34.1. The van der Waals surface area contributed by atoms with Crippen molar-refractivity contribution in [2.45, 2.75) is 224 Å². The Bertz CT molecular complexity index is 1100. The minimum Gasteiger partial charge on any atom is -0.457 e. The van der Waals surface area contributed by atoms with Crippen molar-refractivity contribution in [2.75, 3.05) is 19.8 Å². The maximum Gasteiger partial charge on any atom is 0.472 e. The molecule has 1 aliphatic carbocycles. The molecule has 1 fully saturated rings. The van der Waals surface area contributed by atoms with E-state index in [0.29, 0.717) is 13.0 Å². The van der Waals surface area contributed by atoms with E-state index < -0.39 is 63.1 Å². The Labute approximate surface area is 351 Å². The fourth-order valence-electron chi connectivity index (χ4n) is 6.83. The van der Waals surface area contributed by atoms with Crippen LogP contribution in [-0.2, 0) is 27.9 Å². The van der Waals surface area contributed by atoms with E-state index >= 15 is 0 Å². The minimum absolute atomic E-state index is 0.0816. The lowest BCUT2D eigenvalue weighted by molar-refractivity contribution is -0.220. The monoisotopic (exact) mass is 847 g/mol. The van der Waals surface area contributed by atoms with E-state index in [1.54, 1.807) is 0 Å². The number of phosphoric acid groups is 1. The van der Waals surface area contributed by atoms with E-state index in [2.05, 4.69) is 50.3 Å². The Morgan fingerprint density at radius 1 is 0.552 bits per heavy atom. The number of hydrogen-bond acceptors (Lipinski definition) is 11. The SMILES string of the molecule is CCCCC/C=C\C/C=C\C/C=C\CCCCCCCCCOCC(COP(=O)(O)OC1C(O)C(O)C(O)C(O)C1O)OC(=O)CCCCCCCCCCCCC. The summed E-state index contributed by atoms with van der Waals surface area (Å²) >= 11 is 0. The molecule has 340 valence electrons. The number of allylic oxidation sites excluding steroid dienone is 6. The molecular weight excluding hydrogens is 763 g/mol. The van der Waals surface area contributed by atoms with Crippen LogP contribution in [-0.4, -0.2) is 98.9 Å². The Morgan fingerprint density at radius 2 is 0.966 bits per heavy atom. The van der Waals surface area contributed by atoms with Crippen molar-refractivity contribution < 1.29 is 58.3 Å². The Balaban J connectivity index is 2.38. The van der Waals surface area contributed by atoms with Crippen LogP contribution in [0.4, 0.5) is 0 Å². The number of esters is 1. The molecule has 1 aliphatic rings. The van der Waals surface area contributed by atoms with E-state index in [-0.39, 0.29) is 13.0 Å². The molecule has 0 heterocycles. The molecular formula is C45H83O12P. The number of phosphoric ester groups is 1. The third-order valence-corrected chi connectivity index (χ3v) is 11.5. The lowest BCUT2D eigenvalue weighted by Crippen LogP contribution is -2.64. The molecule has 0 aromatic rings. The predicted octanol–water partition coefficient (Wildman–Crippen LogP) is 9.09. The van der Waals surface area contributed by atoms with Crippen LogP contribution >= 0.6 is 7.82 Å². The highest BCUT2D eigenvalue weighted by Gasteiger charge is 2.51. The Hall–Kier alpha value is -1.44. The number of aliphatic hydroxyl groups excluding tert-OH is 5. The summed E-state index contributed by atoms with van der Waals surface area (Å²) in [4.78, 5) is 23.1. The second-order valence-electron chi connectivity index (χ2n) is 15.9. The van der Waals surface area contributed by atoms with Crippen LogP contribution in [0.1, 0.15) is 181 Å². The highest BCUT2D eigenvalue weighted by atomic mass is 31.2. The first-order valence-electron chi connectivity index (χ1n) is 22.8. The van der Waals surface area contributed by atoms with Crippen LogP contribution in [0.2, 0.25) is 0 Å². The predicted molar refractivity (Wildman–Crippen MR) is 230 cm³/mol. The van der Waals surface area contributed by atoms with Gasteiger partial charge in [-0.3, -0.25) is 13.8 Å². The molecule has 0 aromatic carbocycles. The van der Waals surface area contributed by atoms with Gasteiger partial charge in [-0.2, -0.15) is 0 Å². The van der Waals surface area contributed by atoms with Crippen molar-refractivity contribution in [3.8, 4) is 0 Å². The van der Waals surface area contributed by atoms with E-state index in [1.807, 2.05) is 0 Å². The second kappa shape index (κ2) is 36.2. The quantitative estimate of drug-likeness (QED) is 0.0150. The molecule has 6 unspecified atom stereocenters. The maximum absolute atomic E-state index is 12.8. The smallest absolute Gasteiger partial charge is 0.457 e. The zero-order valence-corrected chi connectivity index (χ0v) is 37.0. The standard InChI is InChI=1S/C45H83O12P/c1-3-5-7-9-11-13-15-16-17-18-19-20-21-22-23-25-27-29-31-33-35-54-36-38(56-39(46)34-32-30-28-26-24-14-12-10-8-6-4-2)37-55-58(52,53)57-45-43(50)41(48)40(47)42(49)44(45)51/h11,13,16-17,19-20,38,40-45,47-51H,3-10,12,14-15,18,21-37H2,1-2H3,(H,52,53)/b13-11-,17-16-,20-19-. The number of unbranched alkanes of at least 4 members (excludes halogenated alkanes) is 20. The topological polar surface area (TPSA) is 192 Å². The van der Waals surface area contributed by atoms with Crippen LogP contribution in [0.15, 0.2) is 36.5 Å². The largest absolute Gasteiger partial charge is 0.472 e. The molecule has 0 saturated heterocycles. The number of rotatable bonds is 38. The molecule has 1 saturated carbocycles. The van der Waals surface area contributed by atoms with Gasteiger partial charge >= 0.3 is 13.8 Å². The van der Waals surface area contributed by atoms with Crippen molar-refractivity contribution in [3.05, 3.63) is 36.5 Å². The van der Waals surface area contributed by atoms with Crippen LogP contribution < -0.4 is 0 Å². The van der Waals surface area contributed by atoms with Gasteiger partial charge in [-0.15, -0.1) is 0 Å². The van der Waals surface area contributed by atoms with Crippen molar-refractivity contribution in [3.63, 3.8) is 0 Å². The Morgan fingerprint density at radius 3 is 1.50 bits per heavy atom. The van der Waals surface area contributed by atoms with Crippen molar-refractivity contribution >= 4 is 13.8 Å². The average Bonchev–Trinajstić information content (AvgIpc) is 3.21. The number of carbonyl (C=O) groups excluding carboxylic acids is 1. The summed E-state index contributed by atoms with van der Waals surface area (Å²) in [6.07, 6.45) is 29.3. The molecule has 6 N–H and O–H groups in total. The maximum atomic E-state index is 12.8.